The normalized spacial score (nSPS) is 10.6. The highest BCUT2D eigenvalue weighted by Crippen LogP contribution is 2.43. The van der Waals surface area contributed by atoms with Crippen LogP contribution >= 0.6 is 23.1 Å². The van der Waals surface area contributed by atoms with Crippen LogP contribution in [0.15, 0.2) is 28.5 Å². The number of methoxy groups -OCH3 is 1. The minimum atomic E-state index is 0.867. The number of ether oxygens (including phenoxy) is 1. The molecule has 18 heavy (non-hydrogen) atoms. The van der Waals surface area contributed by atoms with Gasteiger partial charge in [-0.3, -0.25) is 0 Å². The molecule has 1 aromatic heterocycles. The first-order valence-corrected chi connectivity index (χ1v) is 7.84. The van der Waals surface area contributed by atoms with Crippen molar-refractivity contribution >= 4 is 28.1 Å². The van der Waals surface area contributed by atoms with Crippen LogP contribution in [0.2, 0.25) is 0 Å². The fraction of sp³-hybridized carbons (Fsp3) is 0.286. The second-order valence-corrected chi connectivity index (χ2v) is 6.02. The van der Waals surface area contributed by atoms with Gasteiger partial charge in [-0.2, -0.15) is 0 Å². The zero-order valence-electron chi connectivity index (χ0n) is 10.8. The van der Waals surface area contributed by atoms with Gasteiger partial charge in [0.25, 0.3) is 0 Å². The molecule has 96 valence electrons. The maximum absolute atomic E-state index is 6.18. The lowest BCUT2D eigenvalue weighted by Crippen LogP contribution is -1.90. The van der Waals surface area contributed by atoms with E-state index in [1.54, 1.807) is 30.2 Å². The average Bonchev–Trinajstić information content (AvgIpc) is 2.74. The maximum atomic E-state index is 6.18. The Morgan fingerprint density at radius 2 is 2.17 bits per heavy atom. The predicted octanol–water partition coefficient (Wildman–Crippen LogP) is 4.29. The molecule has 0 unspecified atom stereocenters. The van der Waals surface area contributed by atoms with E-state index in [4.69, 9.17) is 10.5 Å². The Morgan fingerprint density at radius 1 is 1.39 bits per heavy atom. The van der Waals surface area contributed by atoms with Crippen molar-refractivity contribution in [2.45, 2.75) is 17.6 Å². The van der Waals surface area contributed by atoms with Crippen LogP contribution in [0, 0.1) is 0 Å². The van der Waals surface area contributed by atoms with E-state index in [0.29, 0.717) is 0 Å². The van der Waals surface area contributed by atoms with Crippen molar-refractivity contribution < 1.29 is 4.74 Å². The van der Waals surface area contributed by atoms with Gasteiger partial charge in [-0.15, -0.1) is 23.1 Å². The number of hydrogen-bond donors (Lipinski definition) is 1. The van der Waals surface area contributed by atoms with Gasteiger partial charge in [0.05, 0.1) is 16.3 Å². The molecule has 0 amide bonds. The van der Waals surface area contributed by atoms with Gasteiger partial charge < -0.3 is 10.5 Å². The second kappa shape index (κ2) is 5.67. The van der Waals surface area contributed by atoms with Crippen molar-refractivity contribution in [3.8, 4) is 16.9 Å². The fourth-order valence-corrected chi connectivity index (χ4v) is 4.05. The Morgan fingerprint density at radius 3 is 2.78 bits per heavy atom. The summed E-state index contributed by atoms with van der Waals surface area (Å²) >= 11 is 3.44. The highest BCUT2D eigenvalue weighted by atomic mass is 32.2. The first kappa shape index (κ1) is 13.3. The van der Waals surface area contributed by atoms with Gasteiger partial charge in [-0.05, 0) is 35.9 Å². The summed E-state index contributed by atoms with van der Waals surface area (Å²) in [6.45, 7) is 2.17. The molecule has 0 aliphatic heterocycles. The molecule has 2 nitrogen and oxygen atoms in total. The van der Waals surface area contributed by atoms with Crippen molar-refractivity contribution in [2.24, 2.45) is 0 Å². The molecule has 0 saturated heterocycles. The molecule has 0 saturated carbocycles. The van der Waals surface area contributed by atoms with Gasteiger partial charge in [0.15, 0.2) is 0 Å². The van der Waals surface area contributed by atoms with Gasteiger partial charge in [-0.1, -0.05) is 19.1 Å². The number of nitrogen functional groups attached to an aromatic ring is 1. The lowest BCUT2D eigenvalue weighted by atomic mass is 10.0. The molecule has 2 rings (SSSR count). The Hall–Kier alpha value is -1.13. The number of nitrogens with two attached hydrogens (primary N) is 1. The third-order valence-corrected chi connectivity index (χ3v) is 5.12. The SMILES string of the molecule is CCc1c(SC)sc(N)c1-c1cccc(OC)c1. The topological polar surface area (TPSA) is 35.2 Å². The number of anilines is 1. The lowest BCUT2D eigenvalue weighted by molar-refractivity contribution is 0.415. The van der Waals surface area contributed by atoms with Crippen LogP contribution < -0.4 is 10.5 Å². The smallest absolute Gasteiger partial charge is 0.119 e. The van der Waals surface area contributed by atoms with Crippen LogP contribution in [-0.4, -0.2) is 13.4 Å². The number of thiophene rings is 1. The van der Waals surface area contributed by atoms with E-state index in [1.165, 1.54) is 15.3 Å². The van der Waals surface area contributed by atoms with E-state index in [-0.39, 0.29) is 0 Å². The van der Waals surface area contributed by atoms with Crippen LogP contribution in [-0.2, 0) is 6.42 Å². The molecule has 2 N–H and O–H groups in total. The van der Waals surface area contributed by atoms with E-state index in [1.807, 2.05) is 18.2 Å². The van der Waals surface area contributed by atoms with Gasteiger partial charge in [0.2, 0.25) is 0 Å². The summed E-state index contributed by atoms with van der Waals surface area (Å²) in [7, 11) is 1.68. The zero-order valence-corrected chi connectivity index (χ0v) is 12.5. The van der Waals surface area contributed by atoms with E-state index in [0.717, 1.165) is 22.7 Å². The van der Waals surface area contributed by atoms with Crippen LogP contribution in [0.3, 0.4) is 0 Å². The molecule has 0 radical (unpaired) electrons. The minimum absolute atomic E-state index is 0.867. The molecule has 0 aliphatic carbocycles. The van der Waals surface area contributed by atoms with E-state index >= 15 is 0 Å². The summed E-state index contributed by atoms with van der Waals surface area (Å²) in [5.74, 6) is 0.867. The van der Waals surface area contributed by atoms with Crippen molar-refractivity contribution in [1.82, 2.24) is 0 Å². The summed E-state index contributed by atoms with van der Waals surface area (Å²) in [6.07, 6.45) is 3.09. The Balaban J connectivity index is 2.58. The maximum Gasteiger partial charge on any atom is 0.119 e. The standard InChI is InChI=1S/C14H17NOS2/c1-4-11-12(13(15)18-14(11)17-3)9-6-5-7-10(8-9)16-2/h5-8H,4,15H2,1-3H3. The highest BCUT2D eigenvalue weighted by Gasteiger charge is 2.16. The molecule has 1 aromatic carbocycles. The zero-order chi connectivity index (χ0) is 13.1. The first-order valence-electron chi connectivity index (χ1n) is 5.80. The molecule has 1 heterocycles. The quantitative estimate of drug-likeness (QED) is 0.848. The van der Waals surface area contributed by atoms with Gasteiger partial charge in [0.1, 0.15) is 5.75 Å². The number of thioether (sulfide) groups is 1. The number of hydrogen-bond acceptors (Lipinski definition) is 4. The monoisotopic (exact) mass is 279 g/mol. The molecular weight excluding hydrogens is 262 g/mol. The lowest BCUT2D eigenvalue weighted by Gasteiger charge is -2.07. The molecule has 0 aliphatic rings. The van der Waals surface area contributed by atoms with Crippen LogP contribution in [0.25, 0.3) is 11.1 Å². The average molecular weight is 279 g/mol. The number of rotatable bonds is 4. The summed E-state index contributed by atoms with van der Waals surface area (Å²) < 4.78 is 6.59. The molecule has 0 atom stereocenters. The summed E-state index contributed by atoms with van der Waals surface area (Å²) in [5, 5.41) is 0.893. The van der Waals surface area contributed by atoms with Crippen LogP contribution in [0.1, 0.15) is 12.5 Å². The molecule has 0 spiro atoms. The van der Waals surface area contributed by atoms with E-state index in [2.05, 4.69) is 19.2 Å². The summed E-state index contributed by atoms with van der Waals surface area (Å²) in [5.41, 5.74) is 9.84. The summed E-state index contributed by atoms with van der Waals surface area (Å²) in [6, 6.07) is 8.09. The highest BCUT2D eigenvalue weighted by molar-refractivity contribution is 8.00. The molecule has 2 aromatic rings. The van der Waals surface area contributed by atoms with E-state index < -0.39 is 0 Å². The van der Waals surface area contributed by atoms with Gasteiger partial charge in [0, 0.05) is 5.56 Å². The Bertz CT molecular complexity index is 549. The largest absolute Gasteiger partial charge is 0.497 e. The third-order valence-electron chi connectivity index (χ3n) is 2.89. The molecular formula is C14H17NOS2. The third kappa shape index (κ3) is 2.35. The van der Waals surface area contributed by atoms with Gasteiger partial charge >= 0.3 is 0 Å². The Labute approximate surface area is 116 Å². The van der Waals surface area contributed by atoms with Crippen molar-refractivity contribution in [3.63, 3.8) is 0 Å². The molecule has 0 bridgehead atoms. The second-order valence-electron chi connectivity index (χ2n) is 3.90. The van der Waals surface area contributed by atoms with Crippen molar-refractivity contribution in [1.29, 1.82) is 0 Å². The predicted molar refractivity (Wildman–Crippen MR) is 81.9 cm³/mol. The Kier molecular flexibility index (Phi) is 4.19. The summed E-state index contributed by atoms with van der Waals surface area (Å²) in [4.78, 5) is 0. The van der Waals surface area contributed by atoms with Crippen LogP contribution in [0.4, 0.5) is 5.00 Å². The first-order chi connectivity index (χ1) is 8.71. The minimum Gasteiger partial charge on any atom is -0.497 e. The number of benzene rings is 1. The fourth-order valence-electron chi connectivity index (χ4n) is 2.04. The van der Waals surface area contributed by atoms with Gasteiger partial charge in [-0.25, -0.2) is 0 Å². The molecule has 0 fully saturated rings. The van der Waals surface area contributed by atoms with E-state index in [9.17, 15) is 0 Å². The van der Waals surface area contributed by atoms with Crippen LogP contribution in [0.5, 0.6) is 5.75 Å². The van der Waals surface area contributed by atoms with Crippen molar-refractivity contribution in [3.05, 3.63) is 29.8 Å². The van der Waals surface area contributed by atoms with Crippen molar-refractivity contribution in [2.75, 3.05) is 19.1 Å². The molecule has 4 heteroatoms.